The van der Waals surface area contributed by atoms with E-state index in [0.717, 1.165) is 4.57 Å². The molecule has 116 valence electrons. The van der Waals surface area contributed by atoms with Gasteiger partial charge >= 0.3 is 5.69 Å². The summed E-state index contributed by atoms with van der Waals surface area (Å²) in [6.45, 7) is 2.45. The maximum Gasteiger partial charge on any atom is 0.332 e. The lowest BCUT2D eigenvalue weighted by molar-refractivity contribution is 0.684. The molecule has 0 aliphatic carbocycles. The highest BCUT2D eigenvalue weighted by Gasteiger charge is 2.19. The quantitative estimate of drug-likeness (QED) is 0.716. The lowest BCUT2D eigenvalue weighted by atomic mass is 10.5. The van der Waals surface area contributed by atoms with Crippen molar-refractivity contribution < 1.29 is 0 Å². The van der Waals surface area contributed by atoms with Crippen LogP contribution in [0.15, 0.2) is 19.1 Å². The van der Waals surface area contributed by atoms with Crippen LogP contribution in [0.4, 0.5) is 5.13 Å². The van der Waals surface area contributed by atoms with Gasteiger partial charge < -0.3 is 10.3 Å². The van der Waals surface area contributed by atoms with E-state index in [1.165, 1.54) is 34.7 Å². The average Bonchev–Trinajstić information content (AvgIpc) is 3.06. The standard InChI is InChI=1S/C11H13N7O2S2/c1-4-18-5-6(16(2)11(20)17(3)7(5)19)13-9(18)22-10-15-14-8(12)21-10/h4H2,1-3H3,(H2,12,14). The van der Waals surface area contributed by atoms with E-state index in [-0.39, 0.29) is 5.56 Å². The smallest absolute Gasteiger partial charge is 0.332 e. The second-order valence-electron chi connectivity index (χ2n) is 4.52. The van der Waals surface area contributed by atoms with Gasteiger partial charge in [0.05, 0.1) is 0 Å². The number of nitrogens with two attached hydrogens (primary N) is 1. The zero-order chi connectivity index (χ0) is 16.0. The van der Waals surface area contributed by atoms with Crippen LogP contribution in [0.25, 0.3) is 11.2 Å². The van der Waals surface area contributed by atoms with Gasteiger partial charge in [-0.15, -0.1) is 10.2 Å². The fourth-order valence-electron chi connectivity index (χ4n) is 2.14. The second-order valence-corrected chi connectivity index (χ2v) is 6.75. The summed E-state index contributed by atoms with van der Waals surface area (Å²) >= 11 is 2.51. The number of nitrogens with zero attached hydrogens (tertiary/aromatic N) is 6. The molecule has 0 saturated heterocycles. The molecule has 22 heavy (non-hydrogen) atoms. The Morgan fingerprint density at radius 1 is 1.23 bits per heavy atom. The first-order chi connectivity index (χ1) is 10.4. The molecule has 0 spiro atoms. The molecule has 0 saturated carbocycles. The number of hydrogen-bond acceptors (Lipinski definition) is 8. The molecule has 0 amide bonds. The highest BCUT2D eigenvalue weighted by molar-refractivity contribution is 8.01. The molecule has 0 aromatic carbocycles. The van der Waals surface area contributed by atoms with Crippen LogP contribution >= 0.6 is 23.1 Å². The van der Waals surface area contributed by atoms with Gasteiger partial charge in [-0.25, -0.2) is 9.78 Å². The molecule has 0 aliphatic rings. The lowest BCUT2D eigenvalue weighted by Gasteiger charge is -2.05. The van der Waals surface area contributed by atoms with Crippen LogP contribution in [0.2, 0.25) is 0 Å². The van der Waals surface area contributed by atoms with Gasteiger partial charge in [-0.1, -0.05) is 11.3 Å². The minimum absolute atomic E-state index is 0.356. The summed E-state index contributed by atoms with van der Waals surface area (Å²) in [7, 11) is 3.05. The highest BCUT2D eigenvalue weighted by Crippen LogP contribution is 2.31. The first-order valence-corrected chi connectivity index (χ1v) is 8.00. The Morgan fingerprint density at radius 3 is 2.55 bits per heavy atom. The van der Waals surface area contributed by atoms with Gasteiger partial charge in [0.2, 0.25) is 5.13 Å². The van der Waals surface area contributed by atoms with Crippen molar-refractivity contribution in [2.24, 2.45) is 14.1 Å². The van der Waals surface area contributed by atoms with Gasteiger partial charge in [0.1, 0.15) is 0 Å². The maximum absolute atomic E-state index is 12.4. The van der Waals surface area contributed by atoms with E-state index in [1.54, 1.807) is 11.6 Å². The number of fused-ring (bicyclic) bond motifs is 1. The molecule has 3 aromatic rings. The number of rotatable bonds is 3. The van der Waals surface area contributed by atoms with Crippen LogP contribution in [0.1, 0.15) is 6.92 Å². The first-order valence-electron chi connectivity index (χ1n) is 6.37. The molecule has 9 nitrogen and oxygen atoms in total. The highest BCUT2D eigenvalue weighted by atomic mass is 32.2. The molecule has 0 aliphatic heterocycles. The number of anilines is 1. The summed E-state index contributed by atoms with van der Waals surface area (Å²) in [6, 6.07) is 0. The molecule has 0 fully saturated rings. The van der Waals surface area contributed by atoms with E-state index in [9.17, 15) is 9.59 Å². The Hall–Kier alpha value is -2.14. The third-order valence-electron chi connectivity index (χ3n) is 3.23. The lowest BCUT2D eigenvalue weighted by Crippen LogP contribution is -2.37. The number of imidazole rings is 1. The Bertz CT molecular complexity index is 981. The van der Waals surface area contributed by atoms with E-state index in [1.807, 2.05) is 6.92 Å². The molecule has 11 heteroatoms. The SMILES string of the molecule is CCn1c(Sc2nnc(N)s2)nc2c1c(=O)n(C)c(=O)n2C. The summed E-state index contributed by atoms with van der Waals surface area (Å²) in [5.41, 5.74) is 5.55. The van der Waals surface area contributed by atoms with Crippen molar-refractivity contribution in [1.29, 1.82) is 0 Å². The van der Waals surface area contributed by atoms with E-state index in [4.69, 9.17) is 5.73 Å². The Balaban J connectivity index is 2.28. The van der Waals surface area contributed by atoms with Crippen LogP contribution < -0.4 is 17.0 Å². The van der Waals surface area contributed by atoms with Crippen LogP contribution in [0.5, 0.6) is 0 Å². The van der Waals surface area contributed by atoms with Crippen molar-refractivity contribution in [3.05, 3.63) is 20.8 Å². The normalized spacial score (nSPS) is 11.4. The Kier molecular flexibility index (Phi) is 3.53. The molecule has 0 bridgehead atoms. The predicted molar refractivity (Wildman–Crippen MR) is 84.3 cm³/mol. The summed E-state index contributed by atoms with van der Waals surface area (Å²) in [6.07, 6.45) is 0. The first kappa shape index (κ1) is 14.8. The third-order valence-corrected chi connectivity index (χ3v) is 5.03. The Morgan fingerprint density at radius 2 is 1.95 bits per heavy atom. The zero-order valence-corrected chi connectivity index (χ0v) is 13.7. The summed E-state index contributed by atoms with van der Waals surface area (Å²) < 4.78 is 4.83. The summed E-state index contributed by atoms with van der Waals surface area (Å²) in [5.74, 6) is 0. The zero-order valence-electron chi connectivity index (χ0n) is 12.1. The summed E-state index contributed by atoms with van der Waals surface area (Å²) in [5, 5.41) is 8.63. The van der Waals surface area contributed by atoms with Crippen LogP contribution in [0.3, 0.4) is 0 Å². The van der Waals surface area contributed by atoms with Crippen molar-refractivity contribution in [2.75, 3.05) is 5.73 Å². The number of aryl methyl sites for hydroxylation is 2. The van der Waals surface area contributed by atoms with Crippen LogP contribution in [-0.2, 0) is 20.6 Å². The van der Waals surface area contributed by atoms with Crippen molar-refractivity contribution in [2.45, 2.75) is 23.0 Å². The summed E-state index contributed by atoms with van der Waals surface area (Å²) in [4.78, 5) is 28.8. The Labute approximate surface area is 132 Å². The third kappa shape index (κ3) is 2.13. The number of nitrogen functional groups attached to an aromatic ring is 1. The molecular formula is C11H13N7O2S2. The van der Waals surface area contributed by atoms with Gasteiger partial charge in [0.25, 0.3) is 5.56 Å². The molecule has 0 radical (unpaired) electrons. The number of aromatic nitrogens is 6. The van der Waals surface area contributed by atoms with E-state index in [2.05, 4.69) is 15.2 Å². The van der Waals surface area contributed by atoms with Crippen molar-refractivity contribution in [1.82, 2.24) is 28.9 Å². The monoisotopic (exact) mass is 339 g/mol. The molecule has 3 heterocycles. The van der Waals surface area contributed by atoms with Gasteiger partial charge in [-0.3, -0.25) is 13.9 Å². The fourth-order valence-corrected chi connectivity index (χ4v) is 3.83. The van der Waals surface area contributed by atoms with Crippen LogP contribution in [0, 0.1) is 0 Å². The fraction of sp³-hybridized carbons (Fsp3) is 0.364. The van der Waals surface area contributed by atoms with Crippen molar-refractivity contribution in [3.8, 4) is 0 Å². The molecular weight excluding hydrogens is 326 g/mol. The largest absolute Gasteiger partial charge is 0.374 e. The molecule has 0 atom stereocenters. The molecule has 2 N–H and O–H groups in total. The van der Waals surface area contributed by atoms with Crippen molar-refractivity contribution >= 4 is 39.4 Å². The van der Waals surface area contributed by atoms with Gasteiger partial charge in [-0.2, -0.15) is 0 Å². The minimum atomic E-state index is -0.407. The van der Waals surface area contributed by atoms with E-state index in [0.29, 0.717) is 32.3 Å². The average molecular weight is 339 g/mol. The second kappa shape index (κ2) is 5.25. The molecule has 0 unspecified atom stereocenters. The van der Waals surface area contributed by atoms with Gasteiger partial charge in [-0.05, 0) is 18.7 Å². The molecule has 3 rings (SSSR count). The maximum atomic E-state index is 12.4. The van der Waals surface area contributed by atoms with E-state index >= 15 is 0 Å². The van der Waals surface area contributed by atoms with E-state index < -0.39 is 5.69 Å². The van der Waals surface area contributed by atoms with Gasteiger partial charge in [0.15, 0.2) is 20.7 Å². The van der Waals surface area contributed by atoms with Crippen LogP contribution in [-0.4, -0.2) is 28.9 Å². The minimum Gasteiger partial charge on any atom is -0.374 e. The van der Waals surface area contributed by atoms with Crippen molar-refractivity contribution in [3.63, 3.8) is 0 Å². The number of hydrogen-bond donors (Lipinski definition) is 1. The van der Waals surface area contributed by atoms with Gasteiger partial charge in [0, 0.05) is 20.6 Å². The molecule has 3 aromatic heterocycles. The predicted octanol–water partition coefficient (Wildman–Crippen LogP) is 0.0385. The topological polar surface area (TPSA) is 114 Å².